The minimum absolute atomic E-state index is 0.0219. The van der Waals surface area contributed by atoms with E-state index in [9.17, 15) is 14.7 Å². The first-order chi connectivity index (χ1) is 17.6. The van der Waals surface area contributed by atoms with Crippen LogP contribution in [-0.4, -0.2) is 20.2 Å². The van der Waals surface area contributed by atoms with Crippen LogP contribution in [0.4, 0.5) is 0 Å². The van der Waals surface area contributed by atoms with Crippen molar-refractivity contribution in [3.8, 4) is 0 Å². The lowest BCUT2D eigenvalue weighted by Gasteiger charge is -2.11. The number of aryl methyl sites for hydroxylation is 3. The molecule has 2 aromatic heterocycles. The molecule has 0 spiro atoms. The number of aromatic carboxylic acids is 1. The van der Waals surface area contributed by atoms with Crippen LogP contribution in [0.15, 0.2) is 71.7 Å². The molecule has 0 saturated carbocycles. The zero-order chi connectivity index (χ0) is 27.1. The van der Waals surface area contributed by atoms with Gasteiger partial charge < -0.3 is 25.7 Å². The zero-order valence-electron chi connectivity index (χ0n) is 22.0. The molecule has 7 nitrogen and oxygen atoms in total. The van der Waals surface area contributed by atoms with Gasteiger partial charge in [-0.1, -0.05) is 42.5 Å². The minimum atomic E-state index is -0.900. The van der Waals surface area contributed by atoms with Gasteiger partial charge in [0, 0.05) is 43.3 Å². The van der Waals surface area contributed by atoms with Gasteiger partial charge in [-0.2, -0.15) is 0 Å². The van der Waals surface area contributed by atoms with E-state index in [0.29, 0.717) is 31.7 Å². The second-order valence-corrected chi connectivity index (χ2v) is 9.28. The monoisotopic (exact) mass is 500 g/mol. The van der Waals surface area contributed by atoms with Crippen molar-refractivity contribution in [2.75, 3.05) is 0 Å². The van der Waals surface area contributed by atoms with Crippen LogP contribution in [-0.2, 0) is 26.2 Å². The molecule has 2 heterocycles. The Labute approximate surface area is 218 Å². The summed E-state index contributed by atoms with van der Waals surface area (Å²) >= 11 is 0. The number of carboxylic acid groups (broad SMARTS) is 1. The largest absolute Gasteiger partial charge is 0.478 e. The molecule has 0 aliphatic rings. The highest BCUT2D eigenvalue weighted by Gasteiger charge is 2.14. The summed E-state index contributed by atoms with van der Waals surface area (Å²) in [5, 5.41) is 9.23. The Morgan fingerprint density at radius 2 is 1.41 bits per heavy atom. The van der Waals surface area contributed by atoms with Crippen LogP contribution >= 0.6 is 0 Å². The summed E-state index contributed by atoms with van der Waals surface area (Å²) in [5.74, 6) is -0.900. The first-order valence-corrected chi connectivity index (χ1v) is 12.3. The van der Waals surface area contributed by atoms with E-state index >= 15 is 0 Å². The van der Waals surface area contributed by atoms with E-state index in [-0.39, 0.29) is 5.56 Å². The number of rotatable bonds is 7. The molecule has 0 amide bonds. The quantitative estimate of drug-likeness (QED) is 0.350. The average molecular weight is 501 g/mol. The summed E-state index contributed by atoms with van der Waals surface area (Å²) < 4.78 is 3.66. The molecule has 194 valence electrons. The third kappa shape index (κ3) is 6.84. The number of hydrogen-bond donors (Lipinski definition) is 3. The van der Waals surface area contributed by atoms with Crippen LogP contribution in [0.5, 0.6) is 0 Å². The van der Waals surface area contributed by atoms with Crippen molar-refractivity contribution in [1.82, 2.24) is 9.13 Å². The van der Waals surface area contributed by atoms with Crippen molar-refractivity contribution in [2.45, 2.75) is 53.9 Å². The lowest BCUT2D eigenvalue weighted by molar-refractivity contribution is 0.0696. The van der Waals surface area contributed by atoms with Crippen molar-refractivity contribution >= 4 is 5.97 Å². The number of carbonyl (C=O) groups is 1. The van der Waals surface area contributed by atoms with Crippen molar-refractivity contribution in [2.24, 2.45) is 11.5 Å². The van der Waals surface area contributed by atoms with Crippen LogP contribution in [0.25, 0.3) is 0 Å². The fourth-order valence-electron chi connectivity index (χ4n) is 4.50. The molecule has 7 heteroatoms. The van der Waals surface area contributed by atoms with E-state index in [2.05, 4.69) is 26.0 Å². The fraction of sp³-hybridized carbons (Fsp3) is 0.267. The summed E-state index contributed by atoms with van der Waals surface area (Å²) in [4.78, 5) is 23.0. The van der Waals surface area contributed by atoms with E-state index < -0.39 is 5.97 Å². The molecule has 37 heavy (non-hydrogen) atoms. The summed E-state index contributed by atoms with van der Waals surface area (Å²) in [5.41, 5.74) is 20.2. The SMILES string of the molecule is Cc1cc(C(=O)O)c(C)n1Cc1ccc(Cn2ccccc2=O)cc1.Cc1cc(CN)cc(C)c1CN. The molecule has 0 fully saturated rings. The molecule has 0 aliphatic carbocycles. The Morgan fingerprint density at radius 3 is 1.89 bits per heavy atom. The number of pyridine rings is 1. The van der Waals surface area contributed by atoms with Crippen molar-refractivity contribution in [3.05, 3.63) is 128 Å². The third-order valence-electron chi connectivity index (χ3n) is 6.62. The minimum Gasteiger partial charge on any atom is -0.478 e. The molecule has 0 saturated heterocycles. The van der Waals surface area contributed by atoms with Gasteiger partial charge in [-0.05, 0) is 73.2 Å². The number of hydrogen-bond acceptors (Lipinski definition) is 4. The molecule has 4 rings (SSSR count). The molecule has 0 atom stereocenters. The topological polar surface area (TPSA) is 116 Å². The summed E-state index contributed by atoms with van der Waals surface area (Å²) in [6.45, 7) is 10.3. The van der Waals surface area contributed by atoms with Gasteiger partial charge in [0.25, 0.3) is 5.56 Å². The van der Waals surface area contributed by atoms with E-state index in [1.54, 1.807) is 29.0 Å². The van der Waals surface area contributed by atoms with Crippen molar-refractivity contribution in [1.29, 1.82) is 0 Å². The zero-order valence-corrected chi connectivity index (χ0v) is 22.0. The molecule has 0 aliphatic heterocycles. The summed E-state index contributed by atoms with van der Waals surface area (Å²) in [6.07, 6.45) is 1.77. The van der Waals surface area contributed by atoms with Gasteiger partial charge in [0.1, 0.15) is 0 Å². The molecule has 2 aromatic carbocycles. The molecule has 0 bridgehead atoms. The second kappa shape index (κ2) is 12.3. The van der Waals surface area contributed by atoms with Crippen LogP contribution in [0.1, 0.15) is 55.1 Å². The number of aromatic nitrogens is 2. The number of carboxylic acids is 1. The highest BCUT2D eigenvalue weighted by atomic mass is 16.4. The molecule has 4 aromatic rings. The van der Waals surface area contributed by atoms with Crippen LogP contribution in [0.3, 0.4) is 0 Å². The molecular weight excluding hydrogens is 464 g/mol. The van der Waals surface area contributed by atoms with Gasteiger partial charge in [0.05, 0.1) is 12.1 Å². The first-order valence-electron chi connectivity index (χ1n) is 12.3. The van der Waals surface area contributed by atoms with E-state index in [0.717, 1.165) is 22.5 Å². The Bertz CT molecular complexity index is 1410. The standard InChI is InChI=1S/C20H20N2O3.C10H16N2/c1-14-11-18(20(24)25)15(2)22(14)13-17-8-6-16(7-9-17)12-21-10-4-3-5-19(21)23;1-7-3-9(5-11)4-8(2)10(7)6-12/h3-11H,12-13H2,1-2H3,(H,24,25);3-4H,5-6,11-12H2,1-2H3. The number of benzene rings is 2. The Balaban J connectivity index is 0.000000266. The smallest absolute Gasteiger partial charge is 0.337 e. The first kappa shape index (κ1) is 27.6. The van der Waals surface area contributed by atoms with E-state index in [4.69, 9.17) is 11.5 Å². The fourth-order valence-corrected chi connectivity index (χ4v) is 4.50. The van der Waals surface area contributed by atoms with E-state index in [1.165, 1.54) is 22.3 Å². The molecule has 5 N–H and O–H groups in total. The van der Waals surface area contributed by atoms with Gasteiger partial charge in [-0.15, -0.1) is 0 Å². The van der Waals surface area contributed by atoms with E-state index in [1.807, 2.05) is 48.7 Å². The summed E-state index contributed by atoms with van der Waals surface area (Å²) in [7, 11) is 0. The average Bonchev–Trinajstić information content (AvgIpc) is 3.15. The lowest BCUT2D eigenvalue weighted by Crippen LogP contribution is -2.18. The Morgan fingerprint density at radius 1 is 0.811 bits per heavy atom. The Hall–Kier alpha value is -3.94. The van der Waals surface area contributed by atoms with Gasteiger partial charge in [-0.25, -0.2) is 4.79 Å². The van der Waals surface area contributed by atoms with Gasteiger partial charge in [0.2, 0.25) is 0 Å². The number of nitrogens with two attached hydrogens (primary N) is 2. The second-order valence-electron chi connectivity index (χ2n) is 9.28. The maximum absolute atomic E-state index is 11.8. The number of nitrogens with zero attached hydrogens (tertiary/aromatic N) is 2. The maximum atomic E-state index is 11.8. The third-order valence-corrected chi connectivity index (χ3v) is 6.62. The van der Waals surface area contributed by atoms with Gasteiger partial charge in [-0.3, -0.25) is 4.79 Å². The predicted molar refractivity (Wildman–Crippen MR) is 148 cm³/mol. The molecule has 0 unspecified atom stereocenters. The highest BCUT2D eigenvalue weighted by Crippen LogP contribution is 2.18. The molecular formula is C30H36N4O3. The lowest BCUT2D eigenvalue weighted by atomic mass is 9.99. The van der Waals surface area contributed by atoms with Crippen molar-refractivity contribution < 1.29 is 9.90 Å². The van der Waals surface area contributed by atoms with Crippen LogP contribution in [0, 0.1) is 27.7 Å². The van der Waals surface area contributed by atoms with Gasteiger partial charge >= 0.3 is 5.97 Å². The van der Waals surface area contributed by atoms with Crippen LogP contribution < -0.4 is 17.0 Å². The van der Waals surface area contributed by atoms with Crippen LogP contribution in [0.2, 0.25) is 0 Å². The maximum Gasteiger partial charge on any atom is 0.337 e. The normalized spacial score (nSPS) is 10.6. The summed E-state index contributed by atoms with van der Waals surface area (Å²) in [6, 6.07) is 19.1. The highest BCUT2D eigenvalue weighted by molar-refractivity contribution is 5.89. The van der Waals surface area contributed by atoms with Gasteiger partial charge in [0.15, 0.2) is 0 Å². The van der Waals surface area contributed by atoms with Crippen molar-refractivity contribution in [3.63, 3.8) is 0 Å². The predicted octanol–water partition coefficient (Wildman–Crippen LogP) is 4.28. The Kier molecular flexibility index (Phi) is 9.22. The molecule has 0 radical (unpaired) electrons.